The molecule has 22 heavy (non-hydrogen) atoms. The number of nitrogens with one attached hydrogen (secondary N) is 1. The first-order valence-electron chi connectivity index (χ1n) is 6.62. The summed E-state index contributed by atoms with van der Waals surface area (Å²) >= 11 is 0. The van der Waals surface area contributed by atoms with Gasteiger partial charge < -0.3 is 0 Å². The number of hydrogen-bond acceptors (Lipinski definition) is 5. The molecule has 0 amide bonds. The largest absolute Gasteiger partial charge is 0.243 e. The first-order chi connectivity index (χ1) is 10.2. The van der Waals surface area contributed by atoms with E-state index in [2.05, 4.69) is 4.72 Å². The SMILES string of the molecule is CCN(C[C@H](C)C#N)S(=O)(=O)c1cccc(S(=O)(=O)NC)c1. The lowest BCUT2D eigenvalue weighted by Crippen LogP contribution is -2.34. The smallest absolute Gasteiger partial charge is 0.214 e. The minimum absolute atomic E-state index is 0.0539. The Hall–Kier alpha value is -1.47. The van der Waals surface area contributed by atoms with Gasteiger partial charge in [0.2, 0.25) is 20.0 Å². The minimum Gasteiger partial charge on any atom is -0.214 e. The maximum atomic E-state index is 12.6. The molecule has 1 rings (SSSR count). The van der Waals surface area contributed by atoms with Crippen molar-refractivity contribution in [2.45, 2.75) is 23.6 Å². The summed E-state index contributed by atoms with van der Waals surface area (Å²) in [4.78, 5) is -0.240. The maximum Gasteiger partial charge on any atom is 0.243 e. The third-order valence-electron chi connectivity index (χ3n) is 3.07. The van der Waals surface area contributed by atoms with Crippen molar-refractivity contribution in [3.05, 3.63) is 24.3 Å². The average Bonchev–Trinajstić information content (AvgIpc) is 2.52. The zero-order chi connectivity index (χ0) is 17.0. The van der Waals surface area contributed by atoms with Crippen LogP contribution in [-0.4, -0.2) is 41.3 Å². The van der Waals surface area contributed by atoms with Gasteiger partial charge in [-0.3, -0.25) is 0 Å². The molecule has 122 valence electrons. The fourth-order valence-corrected chi connectivity index (χ4v) is 4.25. The summed E-state index contributed by atoms with van der Waals surface area (Å²) in [7, 11) is -6.33. The van der Waals surface area contributed by atoms with Crippen molar-refractivity contribution < 1.29 is 16.8 Å². The minimum atomic E-state index is -3.86. The van der Waals surface area contributed by atoms with Gasteiger partial charge in [0.15, 0.2) is 0 Å². The molecule has 0 aromatic heterocycles. The highest BCUT2D eigenvalue weighted by molar-refractivity contribution is 7.90. The van der Waals surface area contributed by atoms with Crippen molar-refractivity contribution in [2.24, 2.45) is 5.92 Å². The molecule has 0 bridgehead atoms. The Kier molecular flexibility index (Phi) is 6.08. The highest BCUT2D eigenvalue weighted by Crippen LogP contribution is 2.20. The van der Waals surface area contributed by atoms with Crippen LogP contribution in [0, 0.1) is 17.2 Å². The van der Waals surface area contributed by atoms with E-state index in [4.69, 9.17) is 5.26 Å². The van der Waals surface area contributed by atoms with Crippen LogP contribution in [-0.2, 0) is 20.0 Å². The normalized spacial score (nSPS) is 13.8. The molecular formula is C13H19N3O4S2. The van der Waals surface area contributed by atoms with Crippen LogP contribution >= 0.6 is 0 Å². The molecule has 0 saturated carbocycles. The molecule has 9 heteroatoms. The van der Waals surface area contributed by atoms with Crippen LogP contribution in [0.5, 0.6) is 0 Å². The first-order valence-corrected chi connectivity index (χ1v) is 9.54. The first kappa shape index (κ1) is 18.6. The summed E-state index contributed by atoms with van der Waals surface area (Å²) in [6, 6.07) is 7.13. The molecule has 0 aliphatic carbocycles. The van der Waals surface area contributed by atoms with E-state index in [1.807, 2.05) is 6.07 Å². The van der Waals surface area contributed by atoms with Crippen LogP contribution in [0.2, 0.25) is 0 Å². The Morgan fingerprint density at radius 3 is 2.36 bits per heavy atom. The molecule has 0 unspecified atom stereocenters. The Morgan fingerprint density at radius 1 is 1.27 bits per heavy atom. The van der Waals surface area contributed by atoms with Gasteiger partial charge in [-0.05, 0) is 32.2 Å². The lowest BCUT2D eigenvalue weighted by molar-refractivity contribution is 0.399. The standard InChI is InChI=1S/C13H19N3O4S2/c1-4-16(10-11(2)9-14)22(19,20)13-7-5-6-12(8-13)21(17,18)15-3/h5-8,11,15H,4,10H2,1-3H3/t11-/m1/s1. The van der Waals surface area contributed by atoms with E-state index in [0.717, 1.165) is 10.4 Å². The number of benzene rings is 1. The summed E-state index contributed by atoms with van der Waals surface area (Å²) < 4.78 is 52.0. The zero-order valence-electron chi connectivity index (χ0n) is 12.6. The van der Waals surface area contributed by atoms with Gasteiger partial charge in [-0.15, -0.1) is 0 Å². The third kappa shape index (κ3) is 4.04. The van der Waals surface area contributed by atoms with E-state index in [1.165, 1.54) is 25.2 Å². The van der Waals surface area contributed by atoms with E-state index < -0.39 is 26.0 Å². The second-order valence-corrected chi connectivity index (χ2v) is 8.49. The van der Waals surface area contributed by atoms with Crippen molar-refractivity contribution in [2.75, 3.05) is 20.1 Å². The molecule has 1 atom stereocenters. The summed E-state index contributed by atoms with van der Waals surface area (Å²) in [6.07, 6.45) is 0. The van der Waals surface area contributed by atoms with Crippen LogP contribution in [0.15, 0.2) is 34.1 Å². The van der Waals surface area contributed by atoms with Crippen LogP contribution in [0.3, 0.4) is 0 Å². The van der Waals surface area contributed by atoms with E-state index >= 15 is 0 Å². The topological polar surface area (TPSA) is 107 Å². The molecule has 0 spiro atoms. The van der Waals surface area contributed by atoms with Crippen molar-refractivity contribution in [3.8, 4) is 6.07 Å². The molecule has 1 aromatic rings. The average molecular weight is 345 g/mol. The van der Waals surface area contributed by atoms with Gasteiger partial charge in [0.25, 0.3) is 0 Å². The molecular weight excluding hydrogens is 326 g/mol. The summed E-state index contributed by atoms with van der Waals surface area (Å²) in [5.74, 6) is -0.459. The molecule has 7 nitrogen and oxygen atoms in total. The lowest BCUT2D eigenvalue weighted by Gasteiger charge is -2.21. The predicted molar refractivity (Wildman–Crippen MR) is 81.9 cm³/mol. The Bertz CT molecular complexity index is 767. The van der Waals surface area contributed by atoms with E-state index in [9.17, 15) is 16.8 Å². The second-order valence-electron chi connectivity index (χ2n) is 4.67. The summed E-state index contributed by atoms with van der Waals surface area (Å²) in [5.41, 5.74) is 0. The van der Waals surface area contributed by atoms with Crippen molar-refractivity contribution in [1.82, 2.24) is 9.03 Å². The number of sulfonamides is 2. The monoisotopic (exact) mass is 345 g/mol. The van der Waals surface area contributed by atoms with Gasteiger partial charge in [-0.2, -0.15) is 9.57 Å². The Labute approximate surface area is 131 Å². The number of nitrogens with zero attached hydrogens (tertiary/aromatic N) is 2. The summed E-state index contributed by atoms with van der Waals surface area (Å²) in [6.45, 7) is 3.53. The second kappa shape index (κ2) is 7.19. The third-order valence-corrected chi connectivity index (χ3v) is 6.42. The molecule has 0 radical (unpaired) electrons. The van der Waals surface area contributed by atoms with Crippen LogP contribution in [0.25, 0.3) is 0 Å². The predicted octanol–water partition coefficient (Wildman–Crippen LogP) is 0.765. The number of rotatable bonds is 7. The number of hydrogen-bond donors (Lipinski definition) is 1. The number of nitriles is 1. The highest BCUT2D eigenvalue weighted by atomic mass is 32.2. The Morgan fingerprint density at radius 2 is 1.86 bits per heavy atom. The molecule has 0 heterocycles. The van der Waals surface area contributed by atoms with E-state index in [1.54, 1.807) is 13.8 Å². The zero-order valence-corrected chi connectivity index (χ0v) is 14.3. The van der Waals surface area contributed by atoms with Gasteiger partial charge >= 0.3 is 0 Å². The molecule has 0 aliphatic rings. The van der Waals surface area contributed by atoms with Crippen LogP contribution in [0.1, 0.15) is 13.8 Å². The van der Waals surface area contributed by atoms with E-state index in [0.29, 0.717) is 0 Å². The van der Waals surface area contributed by atoms with Gasteiger partial charge in [0.05, 0.1) is 21.8 Å². The van der Waals surface area contributed by atoms with Gasteiger partial charge in [-0.25, -0.2) is 21.6 Å². The molecule has 1 N–H and O–H groups in total. The summed E-state index contributed by atoms with van der Waals surface area (Å²) in [5, 5.41) is 8.84. The maximum absolute atomic E-state index is 12.6. The van der Waals surface area contributed by atoms with Gasteiger partial charge in [0, 0.05) is 13.1 Å². The fourth-order valence-electron chi connectivity index (χ4n) is 1.81. The highest BCUT2D eigenvalue weighted by Gasteiger charge is 2.26. The lowest BCUT2D eigenvalue weighted by atomic mass is 10.2. The molecule has 0 saturated heterocycles. The molecule has 0 aliphatic heterocycles. The fraction of sp³-hybridized carbons (Fsp3) is 0.462. The van der Waals surface area contributed by atoms with Crippen molar-refractivity contribution >= 4 is 20.0 Å². The van der Waals surface area contributed by atoms with Gasteiger partial charge in [0.1, 0.15) is 0 Å². The van der Waals surface area contributed by atoms with Crippen molar-refractivity contribution in [1.29, 1.82) is 5.26 Å². The molecule has 1 aromatic carbocycles. The van der Waals surface area contributed by atoms with E-state index in [-0.39, 0.29) is 22.9 Å². The quantitative estimate of drug-likeness (QED) is 0.785. The van der Waals surface area contributed by atoms with Crippen molar-refractivity contribution in [3.63, 3.8) is 0 Å². The Balaban J connectivity index is 3.29. The van der Waals surface area contributed by atoms with Gasteiger partial charge in [-0.1, -0.05) is 13.0 Å². The van der Waals surface area contributed by atoms with Crippen LogP contribution in [0.4, 0.5) is 0 Å². The van der Waals surface area contributed by atoms with Crippen LogP contribution < -0.4 is 4.72 Å². The molecule has 0 fully saturated rings.